The largest absolute Gasteiger partial charge is 0.336 e. The summed E-state index contributed by atoms with van der Waals surface area (Å²) in [6.45, 7) is 5.14. The van der Waals surface area contributed by atoms with Crippen LogP contribution in [0.1, 0.15) is 25.5 Å². The van der Waals surface area contributed by atoms with Crippen LogP contribution in [0.15, 0.2) is 42.5 Å². The van der Waals surface area contributed by atoms with Gasteiger partial charge in [0.05, 0.1) is 12.7 Å². The van der Waals surface area contributed by atoms with Gasteiger partial charge in [0.25, 0.3) is 0 Å². The van der Waals surface area contributed by atoms with Gasteiger partial charge in [-0.05, 0) is 16.3 Å². The summed E-state index contributed by atoms with van der Waals surface area (Å²) in [4.78, 5) is 0. The van der Waals surface area contributed by atoms with Gasteiger partial charge >= 0.3 is 0 Å². The van der Waals surface area contributed by atoms with Crippen molar-refractivity contribution in [2.45, 2.75) is 20.0 Å². The lowest BCUT2D eigenvalue weighted by Gasteiger charge is -2.38. The van der Waals surface area contributed by atoms with Gasteiger partial charge in [-0.3, -0.25) is 0 Å². The van der Waals surface area contributed by atoms with Crippen molar-refractivity contribution in [1.82, 2.24) is 0 Å². The summed E-state index contributed by atoms with van der Waals surface area (Å²) in [5.41, 5.74) is 1.28. The fraction of sp³-hybridized carbons (Fsp3) is 0.333. The first-order valence-electron chi connectivity index (χ1n) is 6.18. The molecule has 0 bridgehead atoms. The fourth-order valence-electron chi connectivity index (χ4n) is 2.50. The second-order valence-electron chi connectivity index (χ2n) is 5.43. The minimum Gasteiger partial charge on any atom is -0.336 e. The fourth-order valence-corrected chi connectivity index (χ4v) is 3.54. The highest BCUT2D eigenvalue weighted by molar-refractivity contribution is 7.26. The van der Waals surface area contributed by atoms with E-state index in [2.05, 4.69) is 56.3 Å². The van der Waals surface area contributed by atoms with Crippen molar-refractivity contribution in [1.29, 1.82) is 0 Å². The van der Waals surface area contributed by atoms with Gasteiger partial charge in [-0.1, -0.05) is 56.3 Å². The molecule has 0 aliphatic carbocycles. The molecule has 1 saturated heterocycles. The zero-order valence-corrected chi connectivity index (χ0v) is 11.6. The van der Waals surface area contributed by atoms with Crippen molar-refractivity contribution in [3.8, 4) is 0 Å². The van der Waals surface area contributed by atoms with Crippen LogP contribution in [0.3, 0.4) is 0 Å². The van der Waals surface area contributed by atoms with E-state index in [0.717, 1.165) is 6.61 Å². The van der Waals surface area contributed by atoms with Gasteiger partial charge in [0.15, 0.2) is 9.03 Å². The molecule has 0 spiro atoms. The summed E-state index contributed by atoms with van der Waals surface area (Å²) >= 11 is 0. The van der Waals surface area contributed by atoms with E-state index >= 15 is 0 Å². The van der Waals surface area contributed by atoms with Crippen molar-refractivity contribution in [3.05, 3.63) is 48.0 Å². The first-order chi connectivity index (χ1) is 8.68. The molecule has 2 unspecified atom stereocenters. The Morgan fingerprint density at radius 3 is 2.72 bits per heavy atom. The SMILES string of the molecule is CC1(C)COPOC1c1cccc2ccccc12. The van der Waals surface area contributed by atoms with Crippen molar-refractivity contribution in [3.63, 3.8) is 0 Å². The molecule has 0 aromatic heterocycles. The van der Waals surface area contributed by atoms with Crippen LogP contribution in [-0.2, 0) is 9.05 Å². The summed E-state index contributed by atoms with van der Waals surface area (Å²) < 4.78 is 11.3. The van der Waals surface area contributed by atoms with Crippen molar-refractivity contribution in [2.75, 3.05) is 6.61 Å². The van der Waals surface area contributed by atoms with Gasteiger partial charge in [0.2, 0.25) is 0 Å². The first-order valence-corrected chi connectivity index (χ1v) is 7.00. The maximum atomic E-state index is 5.89. The minimum atomic E-state index is 0.00930. The molecular weight excluding hydrogens is 243 g/mol. The lowest BCUT2D eigenvalue weighted by atomic mass is 9.82. The maximum absolute atomic E-state index is 5.89. The van der Waals surface area contributed by atoms with Crippen LogP contribution in [-0.4, -0.2) is 6.61 Å². The van der Waals surface area contributed by atoms with Crippen molar-refractivity contribution < 1.29 is 9.05 Å². The zero-order valence-electron chi connectivity index (χ0n) is 10.6. The monoisotopic (exact) mass is 260 g/mol. The molecule has 1 fully saturated rings. The molecule has 18 heavy (non-hydrogen) atoms. The predicted molar refractivity (Wildman–Crippen MR) is 75.8 cm³/mol. The average molecular weight is 260 g/mol. The summed E-state index contributed by atoms with van der Waals surface area (Å²) in [6.07, 6.45) is 0.107. The molecule has 94 valence electrons. The van der Waals surface area contributed by atoms with Crippen LogP contribution in [0.5, 0.6) is 0 Å². The Bertz CT molecular complexity index is 560. The summed E-state index contributed by atoms with van der Waals surface area (Å²) in [7, 11) is 0.145. The number of benzene rings is 2. The maximum Gasteiger partial charge on any atom is 0.155 e. The van der Waals surface area contributed by atoms with Crippen LogP contribution < -0.4 is 0 Å². The van der Waals surface area contributed by atoms with Crippen LogP contribution in [0.2, 0.25) is 0 Å². The lowest BCUT2D eigenvalue weighted by Crippen LogP contribution is -2.30. The Balaban J connectivity index is 2.13. The van der Waals surface area contributed by atoms with Gasteiger partial charge in [-0.25, -0.2) is 0 Å². The van der Waals surface area contributed by atoms with Crippen LogP contribution in [0.4, 0.5) is 0 Å². The highest BCUT2D eigenvalue weighted by Gasteiger charge is 2.36. The molecule has 2 nitrogen and oxygen atoms in total. The summed E-state index contributed by atoms with van der Waals surface area (Å²) in [5, 5.41) is 2.55. The van der Waals surface area contributed by atoms with Crippen molar-refractivity contribution in [2.24, 2.45) is 5.41 Å². The molecule has 1 heterocycles. The molecule has 2 aromatic rings. The van der Waals surface area contributed by atoms with Crippen LogP contribution >= 0.6 is 9.03 Å². The molecule has 2 aromatic carbocycles. The van der Waals surface area contributed by atoms with E-state index in [9.17, 15) is 0 Å². The normalized spacial score (nSPS) is 24.4. The molecule has 3 heteroatoms. The summed E-state index contributed by atoms with van der Waals surface area (Å²) in [6, 6.07) is 14.9. The molecular formula is C15H17O2P. The third-order valence-corrected chi connectivity index (χ3v) is 4.08. The highest BCUT2D eigenvalue weighted by Crippen LogP contribution is 2.47. The van der Waals surface area contributed by atoms with Gasteiger partial charge in [0.1, 0.15) is 0 Å². The molecule has 2 atom stereocenters. The van der Waals surface area contributed by atoms with E-state index in [1.165, 1.54) is 16.3 Å². The lowest BCUT2D eigenvalue weighted by molar-refractivity contribution is -0.00177. The van der Waals surface area contributed by atoms with E-state index < -0.39 is 0 Å². The number of hydrogen-bond donors (Lipinski definition) is 0. The van der Waals surface area contributed by atoms with Crippen LogP contribution in [0.25, 0.3) is 10.8 Å². The Kier molecular flexibility index (Phi) is 3.11. The second-order valence-corrected chi connectivity index (χ2v) is 6.12. The highest BCUT2D eigenvalue weighted by atomic mass is 31.1. The molecule has 1 aliphatic rings. The van der Waals surface area contributed by atoms with Crippen molar-refractivity contribution >= 4 is 19.8 Å². The minimum absolute atomic E-state index is 0.00930. The number of hydrogen-bond acceptors (Lipinski definition) is 2. The third-order valence-electron chi connectivity index (χ3n) is 3.48. The number of fused-ring (bicyclic) bond motifs is 1. The van der Waals surface area contributed by atoms with E-state index in [1.54, 1.807) is 0 Å². The summed E-state index contributed by atoms with van der Waals surface area (Å²) in [5.74, 6) is 0. The predicted octanol–water partition coefficient (Wildman–Crippen LogP) is 4.46. The Morgan fingerprint density at radius 1 is 1.11 bits per heavy atom. The average Bonchev–Trinajstić information content (AvgIpc) is 2.38. The van der Waals surface area contributed by atoms with E-state index in [4.69, 9.17) is 9.05 Å². The Hall–Kier alpha value is -0.950. The van der Waals surface area contributed by atoms with Crippen LogP contribution in [0, 0.1) is 5.41 Å². The van der Waals surface area contributed by atoms with Gasteiger partial charge < -0.3 is 9.05 Å². The standard InChI is InChI=1S/C15H17O2P/c1-15(2)10-16-18-17-14(15)13-9-5-7-11-6-3-4-8-12(11)13/h3-9,14,18H,10H2,1-2H3. The molecule has 0 amide bonds. The van der Waals surface area contributed by atoms with E-state index in [-0.39, 0.29) is 20.6 Å². The Morgan fingerprint density at radius 2 is 1.89 bits per heavy atom. The van der Waals surface area contributed by atoms with E-state index in [1.807, 2.05) is 0 Å². The molecule has 0 saturated carbocycles. The second kappa shape index (κ2) is 4.62. The molecule has 0 radical (unpaired) electrons. The quantitative estimate of drug-likeness (QED) is 0.705. The Labute approximate surface area is 109 Å². The zero-order chi connectivity index (χ0) is 12.6. The topological polar surface area (TPSA) is 18.5 Å². The first kappa shape index (κ1) is 12.1. The van der Waals surface area contributed by atoms with Gasteiger partial charge in [-0.2, -0.15) is 0 Å². The number of rotatable bonds is 1. The smallest absolute Gasteiger partial charge is 0.155 e. The van der Waals surface area contributed by atoms with Gasteiger partial charge in [-0.15, -0.1) is 0 Å². The third kappa shape index (κ3) is 2.05. The molecule has 3 rings (SSSR count). The molecule has 1 aliphatic heterocycles. The van der Waals surface area contributed by atoms with E-state index in [0.29, 0.717) is 0 Å². The molecule has 0 N–H and O–H groups in total. The van der Waals surface area contributed by atoms with Gasteiger partial charge in [0, 0.05) is 5.41 Å².